The number of hydrogen-bond acceptors (Lipinski definition) is 7. The van der Waals surface area contributed by atoms with Gasteiger partial charge in [-0.15, -0.1) is 0 Å². The summed E-state index contributed by atoms with van der Waals surface area (Å²) in [7, 11) is 0. The van der Waals surface area contributed by atoms with E-state index in [-0.39, 0.29) is 29.9 Å². The van der Waals surface area contributed by atoms with Crippen LogP contribution in [0.2, 0.25) is 0 Å². The average molecular weight is 436 g/mol. The maximum absolute atomic E-state index is 13.6. The zero-order valence-electron chi connectivity index (χ0n) is 15.7. The Morgan fingerprint density at radius 2 is 1.96 bits per heavy atom. The van der Waals surface area contributed by atoms with Crippen LogP contribution in [0.4, 0.5) is 18.0 Å². The summed E-state index contributed by atoms with van der Waals surface area (Å²) >= 11 is 2.18. The summed E-state index contributed by atoms with van der Waals surface area (Å²) in [4.78, 5) is 34.1. The molecule has 3 heterocycles. The van der Waals surface area contributed by atoms with Gasteiger partial charge in [0.05, 0.1) is 6.04 Å². The van der Waals surface area contributed by atoms with Crippen molar-refractivity contribution in [3.05, 3.63) is 16.2 Å². The maximum Gasteiger partial charge on any atom is 0.449 e. The number of aromatic nitrogens is 3. The third-order valence-corrected chi connectivity index (χ3v) is 5.99. The molecule has 0 saturated carbocycles. The number of nitrogens with zero attached hydrogens (tertiary/aromatic N) is 4. The first-order chi connectivity index (χ1) is 12.9. The van der Waals surface area contributed by atoms with E-state index >= 15 is 0 Å². The average Bonchev–Trinajstić information content (AvgIpc) is 3.18. The Labute approximate surface area is 166 Å². The number of likely N-dealkylation sites (tertiary alicyclic amines) is 1. The van der Waals surface area contributed by atoms with Crippen molar-refractivity contribution >= 4 is 39.5 Å². The first-order valence-electron chi connectivity index (χ1n) is 8.43. The number of alkyl halides is 3. The quantitative estimate of drug-likeness (QED) is 0.667. The normalized spacial score (nSPS) is 18.1. The molecule has 0 aromatic carbocycles. The van der Waals surface area contributed by atoms with Crippen molar-refractivity contribution < 1.29 is 22.7 Å². The molecule has 12 heteroatoms. The van der Waals surface area contributed by atoms with E-state index in [2.05, 4.69) is 9.97 Å². The number of fused-ring (bicyclic) bond motifs is 1. The lowest BCUT2D eigenvalue weighted by atomic mass is 10.2. The molecule has 1 atom stereocenters. The minimum Gasteiger partial charge on any atom is -0.444 e. The predicted octanol–water partition coefficient (Wildman–Crippen LogP) is 3.78. The van der Waals surface area contributed by atoms with Gasteiger partial charge in [0, 0.05) is 13.1 Å². The molecule has 7 nitrogen and oxygen atoms in total. The van der Waals surface area contributed by atoms with E-state index in [0.717, 1.165) is 11.3 Å². The lowest BCUT2D eigenvalue weighted by Gasteiger charge is -2.25. The molecule has 0 bridgehead atoms. The highest BCUT2D eigenvalue weighted by Gasteiger charge is 2.42. The van der Waals surface area contributed by atoms with Crippen LogP contribution >= 0.6 is 23.1 Å². The number of thiazole rings is 1. The smallest absolute Gasteiger partial charge is 0.444 e. The minimum atomic E-state index is -4.81. The fourth-order valence-electron chi connectivity index (χ4n) is 2.94. The zero-order valence-corrected chi connectivity index (χ0v) is 17.3. The molecule has 1 aliphatic heterocycles. The molecule has 1 saturated heterocycles. The maximum atomic E-state index is 13.6. The Hall–Kier alpha value is -1.82. The van der Waals surface area contributed by atoms with Gasteiger partial charge in [-0.25, -0.2) is 14.8 Å². The summed E-state index contributed by atoms with van der Waals surface area (Å²) in [5.41, 5.74) is -1.65. The predicted molar refractivity (Wildman–Crippen MR) is 99.9 cm³/mol. The first-order valence-corrected chi connectivity index (χ1v) is 10.5. The highest BCUT2D eigenvalue weighted by atomic mass is 32.2. The van der Waals surface area contributed by atoms with Gasteiger partial charge in [-0.05, 0) is 33.4 Å². The number of halogens is 3. The highest BCUT2D eigenvalue weighted by Crippen LogP contribution is 2.34. The van der Waals surface area contributed by atoms with Gasteiger partial charge in [0.1, 0.15) is 5.60 Å². The monoisotopic (exact) mass is 436 g/mol. The van der Waals surface area contributed by atoms with E-state index in [9.17, 15) is 22.8 Å². The Kier molecular flexibility index (Phi) is 5.38. The van der Waals surface area contributed by atoms with Crippen LogP contribution in [0, 0.1) is 0 Å². The topological polar surface area (TPSA) is 77.3 Å². The number of ether oxygens (including phenoxy) is 1. The fourth-order valence-corrected chi connectivity index (χ4v) is 4.36. The van der Waals surface area contributed by atoms with Crippen LogP contribution in [-0.2, 0) is 10.9 Å². The Balaban J connectivity index is 2.01. The van der Waals surface area contributed by atoms with Gasteiger partial charge in [0.15, 0.2) is 14.7 Å². The molecule has 0 radical (unpaired) electrons. The van der Waals surface area contributed by atoms with E-state index in [0.29, 0.717) is 8.91 Å². The number of carbonyl (C=O) groups is 1. The Morgan fingerprint density at radius 1 is 1.29 bits per heavy atom. The molecule has 154 valence electrons. The van der Waals surface area contributed by atoms with Gasteiger partial charge < -0.3 is 9.64 Å². The van der Waals surface area contributed by atoms with Crippen LogP contribution in [-0.4, -0.2) is 50.5 Å². The third kappa shape index (κ3) is 4.12. The second kappa shape index (κ2) is 7.21. The zero-order chi connectivity index (χ0) is 20.9. The van der Waals surface area contributed by atoms with E-state index in [1.54, 1.807) is 27.0 Å². The number of thioether (sulfide) groups is 1. The van der Waals surface area contributed by atoms with Gasteiger partial charge >= 0.3 is 12.3 Å². The van der Waals surface area contributed by atoms with Crippen LogP contribution in [0.1, 0.15) is 39.1 Å². The van der Waals surface area contributed by atoms with E-state index in [4.69, 9.17) is 4.74 Å². The summed E-state index contributed by atoms with van der Waals surface area (Å²) in [5, 5.41) is 0. The largest absolute Gasteiger partial charge is 0.449 e. The SMILES string of the molecule is CSc1nc2c(=O)n([C@H]3CCN(C(=O)OC(C)(C)C)C3)c(C(F)(F)F)nc2s1. The fraction of sp³-hybridized carbons (Fsp3) is 0.625. The first kappa shape index (κ1) is 20.9. The molecule has 0 spiro atoms. The second-order valence-corrected chi connectivity index (χ2v) is 9.35. The summed E-state index contributed by atoms with van der Waals surface area (Å²) in [6.45, 7) is 5.23. The molecule has 0 N–H and O–H groups in total. The van der Waals surface area contributed by atoms with Gasteiger partial charge in [0.25, 0.3) is 5.56 Å². The number of amides is 1. The molecule has 3 rings (SSSR count). The molecular weight excluding hydrogens is 417 g/mol. The van der Waals surface area contributed by atoms with Gasteiger partial charge in [-0.2, -0.15) is 13.2 Å². The van der Waals surface area contributed by atoms with Crippen molar-refractivity contribution in [2.75, 3.05) is 19.3 Å². The number of hydrogen-bond donors (Lipinski definition) is 0. The minimum absolute atomic E-state index is 0.0417. The highest BCUT2D eigenvalue weighted by molar-refractivity contribution is 8.00. The summed E-state index contributed by atoms with van der Waals surface area (Å²) < 4.78 is 47.3. The molecule has 28 heavy (non-hydrogen) atoms. The number of rotatable bonds is 2. The van der Waals surface area contributed by atoms with E-state index in [1.165, 1.54) is 16.7 Å². The second-order valence-electron chi connectivity index (χ2n) is 7.31. The van der Waals surface area contributed by atoms with Gasteiger partial charge in [0.2, 0.25) is 5.82 Å². The van der Waals surface area contributed by atoms with Crippen molar-refractivity contribution in [1.82, 2.24) is 19.4 Å². The number of carbonyl (C=O) groups excluding carboxylic acids is 1. The molecule has 1 aliphatic rings. The van der Waals surface area contributed by atoms with Crippen molar-refractivity contribution in [2.45, 2.75) is 49.4 Å². The van der Waals surface area contributed by atoms with Crippen LogP contribution in [0.5, 0.6) is 0 Å². The van der Waals surface area contributed by atoms with Crippen molar-refractivity contribution in [2.24, 2.45) is 0 Å². The van der Waals surface area contributed by atoms with Gasteiger partial charge in [-0.3, -0.25) is 9.36 Å². The Bertz CT molecular complexity index is 965. The van der Waals surface area contributed by atoms with Crippen LogP contribution in [0.15, 0.2) is 9.13 Å². The summed E-state index contributed by atoms with van der Waals surface area (Å²) in [5.74, 6) is -1.27. The molecular formula is C16H19F3N4O3S2. The third-order valence-electron chi connectivity index (χ3n) is 4.06. The molecule has 1 fully saturated rings. The molecule has 0 aliphatic carbocycles. The standard InChI is InChI=1S/C16H19F3N4O3S2/c1-15(2,3)26-14(25)22-6-5-8(7-22)23-11(24)9-10(28-13(20-9)27-4)21-12(23)16(17,18)19/h8H,5-7H2,1-4H3/t8-/m0/s1. The summed E-state index contributed by atoms with van der Waals surface area (Å²) in [6.07, 6.45) is -3.52. The lowest BCUT2D eigenvalue weighted by Crippen LogP contribution is -2.37. The van der Waals surface area contributed by atoms with Crippen molar-refractivity contribution in [3.8, 4) is 0 Å². The van der Waals surface area contributed by atoms with Crippen LogP contribution < -0.4 is 5.56 Å². The summed E-state index contributed by atoms with van der Waals surface area (Å²) in [6, 6.07) is -0.854. The van der Waals surface area contributed by atoms with Crippen molar-refractivity contribution in [1.29, 1.82) is 0 Å². The van der Waals surface area contributed by atoms with E-state index < -0.39 is 35.3 Å². The molecule has 2 aromatic rings. The van der Waals surface area contributed by atoms with Crippen LogP contribution in [0.25, 0.3) is 10.3 Å². The van der Waals surface area contributed by atoms with Gasteiger partial charge in [-0.1, -0.05) is 23.1 Å². The molecule has 2 aromatic heterocycles. The molecule has 0 unspecified atom stereocenters. The lowest BCUT2D eigenvalue weighted by molar-refractivity contribution is -0.148. The molecule has 1 amide bonds. The van der Waals surface area contributed by atoms with Crippen molar-refractivity contribution in [3.63, 3.8) is 0 Å². The Morgan fingerprint density at radius 3 is 2.54 bits per heavy atom. The van der Waals surface area contributed by atoms with E-state index in [1.807, 2.05) is 0 Å². The van der Waals surface area contributed by atoms with Crippen LogP contribution in [0.3, 0.4) is 0 Å².